The Morgan fingerprint density at radius 2 is 1.79 bits per heavy atom. The Hall–Kier alpha value is -1.46. The van der Waals surface area contributed by atoms with Gasteiger partial charge in [0.15, 0.2) is 0 Å². The Morgan fingerprint density at radius 3 is 2.29 bits per heavy atom. The molecular weight excluding hydrogens is 188 g/mol. The lowest BCUT2D eigenvalue weighted by atomic mass is 10.3. The maximum absolute atomic E-state index is 10.7. The van der Waals surface area contributed by atoms with Gasteiger partial charge in [-0.3, -0.25) is 0 Å². The molecule has 0 saturated carbocycles. The van der Waals surface area contributed by atoms with E-state index in [1.165, 1.54) is 0 Å². The van der Waals surface area contributed by atoms with E-state index in [2.05, 4.69) is 15.4 Å². The maximum atomic E-state index is 10.7. The van der Waals surface area contributed by atoms with Crippen LogP contribution in [-0.2, 0) is 4.74 Å². The van der Waals surface area contributed by atoms with E-state index in [-0.39, 0.29) is 0 Å². The van der Waals surface area contributed by atoms with Crippen molar-refractivity contribution in [1.29, 1.82) is 0 Å². The molecule has 0 unspecified atom stereocenters. The van der Waals surface area contributed by atoms with Gasteiger partial charge in [0.05, 0.1) is 6.61 Å². The van der Waals surface area contributed by atoms with Crippen molar-refractivity contribution in [3.05, 3.63) is 0 Å². The number of carbonyl (C=O) groups excluding carboxylic acids is 1. The van der Waals surface area contributed by atoms with E-state index in [1.54, 1.807) is 6.92 Å². The predicted molar refractivity (Wildman–Crippen MR) is 50.3 cm³/mol. The van der Waals surface area contributed by atoms with Gasteiger partial charge in [0.25, 0.3) is 0 Å². The summed E-state index contributed by atoms with van der Waals surface area (Å²) in [5.41, 5.74) is 0. The Balaban J connectivity index is 3.13. The number of rotatable bonds is 6. The van der Waals surface area contributed by atoms with Gasteiger partial charge in [0.2, 0.25) is 0 Å². The second-order valence-electron chi connectivity index (χ2n) is 2.59. The van der Waals surface area contributed by atoms with Crippen LogP contribution in [0.25, 0.3) is 0 Å². The van der Waals surface area contributed by atoms with Gasteiger partial charge in [-0.2, -0.15) is 0 Å². The fourth-order valence-electron chi connectivity index (χ4n) is 0.818. The van der Waals surface area contributed by atoms with Gasteiger partial charge in [0, 0.05) is 13.1 Å². The molecule has 0 atom stereocenters. The van der Waals surface area contributed by atoms with Crippen LogP contribution < -0.4 is 10.6 Å². The van der Waals surface area contributed by atoms with Crippen LogP contribution >= 0.6 is 0 Å². The minimum absolute atomic E-state index is 0.354. The minimum Gasteiger partial charge on any atom is -0.465 e. The summed E-state index contributed by atoms with van der Waals surface area (Å²) in [4.78, 5) is 20.8. The van der Waals surface area contributed by atoms with Crippen LogP contribution in [0.2, 0.25) is 0 Å². The lowest BCUT2D eigenvalue weighted by molar-refractivity contribution is 0.152. The SMILES string of the molecule is CCOC(=O)NCCCCNC(=O)O. The molecule has 0 radical (unpaired) electrons. The molecule has 0 aromatic carbocycles. The van der Waals surface area contributed by atoms with E-state index in [0.29, 0.717) is 26.1 Å². The Kier molecular flexibility index (Phi) is 7.30. The van der Waals surface area contributed by atoms with Gasteiger partial charge in [-0.1, -0.05) is 0 Å². The third-order valence-electron chi connectivity index (χ3n) is 1.42. The first-order valence-electron chi connectivity index (χ1n) is 4.54. The third-order valence-corrected chi connectivity index (χ3v) is 1.42. The third kappa shape index (κ3) is 8.63. The first-order chi connectivity index (χ1) is 6.66. The number of alkyl carbamates (subject to hydrolysis) is 1. The van der Waals surface area contributed by atoms with E-state index in [9.17, 15) is 9.59 Å². The van der Waals surface area contributed by atoms with E-state index < -0.39 is 12.2 Å². The fourth-order valence-corrected chi connectivity index (χ4v) is 0.818. The molecule has 0 aliphatic carbocycles. The average Bonchev–Trinajstić information content (AvgIpc) is 2.11. The Bertz CT molecular complexity index is 184. The smallest absolute Gasteiger partial charge is 0.407 e. The van der Waals surface area contributed by atoms with E-state index in [0.717, 1.165) is 6.42 Å². The van der Waals surface area contributed by atoms with Gasteiger partial charge < -0.3 is 20.5 Å². The molecule has 0 aliphatic rings. The summed E-state index contributed by atoms with van der Waals surface area (Å²) in [6.07, 6.45) is -0.0420. The van der Waals surface area contributed by atoms with Crippen LogP contribution in [0.3, 0.4) is 0 Å². The number of ether oxygens (including phenoxy) is 1. The molecule has 6 nitrogen and oxygen atoms in total. The first kappa shape index (κ1) is 12.5. The number of nitrogens with one attached hydrogen (secondary N) is 2. The van der Waals surface area contributed by atoms with Crippen LogP contribution in [0.4, 0.5) is 9.59 Å². The van der Waals surface area contributed by atoms with Gasteiger partial charge >= 0.3 is 12.2 Å². The van der Waals surface area contributed by atoms with E-state index in [4.69, 9.17) is 5.11 Å². The van der Waals surface area contributed by atoms with Crippen molar-refractivity contribution in [2.75, 3.05) is 19.7 Å². The lowest BCUT2D eigenvalue weighted by Crippen LogP contribution is -2.27. The fraction of sp³-hybridized carbons (Fsp3) is 0.750. The zero-order chi connectivity index (χ0) is 10.8. The van der Waals surface area contributed by atoms with Crippen molar-refractivity contribution in [3.63, 3.8) is 0 Å². The molecule has 0 aliphatic heterocycles. The molecule has 0 saturated heterocycles. The van der Waals surface area contributed by atoms with Crippen molar-refractivity contribution < 1.29 is 19.4 Å². The van der Waals surface area contributed by atoms with Gasteiger partial charge in [-0.25, -0.2) is 9.59 Å². The molecule has 0 aromatic heterocycles. The van der Waals surface area contributed by atoms with Crippen LogP contribution in [0.15, 0.2) is 0 Å². The number of unbranched alkanes of at least 4 members (excludes halogenated alkanes) is 1. The Morgan fingerprint density at radius 1 is 1.21 bits per heavy atom. The van der Waals surface area contributed by atoms with Crippen molar-refractivity contribution in [3.8, 4) is 0 Å². The summed E-state index contributed by atoms with van der Waals surface area (Å²) < 4.78 is 4.63. The zero-order valence-electron chi connectivity index (χ0n) is 8.21. The van der Waals surface area contributed by atoms with Crippen molar-refractivity contribution >= 4 is 12.2 Å². The summed E-state index contributed by atoms with van der Waals surface area (Å²) in [6, 6.07) is 0. The number of carbonyl (C=O) groups is 2. The number of carboxylic acid groups (broad SMARTS) is 1. The largest absolute Gasteiger partial charge is 0.465 e. The number of hydrogen-bond acceptors (Lipinski definition) is 3. The van der Waals surface area contributed by atoms with E-state index >= 15 is 0 Å². The first-order valence-corrected chi connectivity index (χ1v) is 4.54. The molecule has 0 aromatic rings. The molecule has 0 bridgehead atoms. The zero-order valence-corrected chi connectivity index (χ0v) is 8.21. The highest BCUT2D eigenvalue weighted by molar-refractivity contribution is 5.66. The van der Waals surface area contributed by atoms with Gasteiger partial charge in [-0.05, 0) is 19.8 Å². The molecular formula is C8H16N2O4. The second-order valence-corrected chi connectivity index (χ2v) is 2.59. The monoisotopic (exact) mass is 204 g/mol. The molecule has 6 heteroatoms. The standard InChI is InChI=1S/C8H16N2O4/c1-2-14-8(13)10-6-4-3-5-9-7(11)12/h9H,2-6H2,1H3,(H,10,13)(H,11,12). The molecule has 3 N–H and O–H groups in total. The molecule has 2 amide bonds. The second kappa shape index (κ2) is 8.15. The van der Waals surface area contributed by atoms with Crippen LogP contribution in [0.1, 0.15) is 19.8 Å². The van der Waals surface area contributed by atoms with Crippen molar-refractivity contribution in [2.45, 2.75) is 19.8 Å². The summed E-state index contributed by atoms with van der Waals surface area (Å²) in [5, 5.41) is 13.0. The van der Waals surface area contributed by atoms with Crippen LogP contribution in [-0.4, -0.2) is 37.0 Å². The summed E-state index contributed by atoms with van der Waals surface area (Å²) in [7, 11) is 0. The number of amides is 2. The van der Waals surface area contributed by atoms with Gasteiger partial charge in [-0.15, -0.1) is 0 Å². The summed E-state index contributed by atoms with van der Waals surface area (Å²) >= 11 is 0. The highest BCUT2D eigenvalue weighted by Crippen LogP contribution is 1.85. The molecule has 0 fully saturated rings. The highest BCUT2D eigenvalue weighted by Gasteiger charge is 1.98. The number of hydrogen-bond donors (Lipinski definition) is 3. The predicted octanol–water partition coefficient (Wildman–Crippen LogP) is 0.780. The summed E-state index contributed by atoms with van der Waals surface area (Å²) in [5.74, 6) is 0. The molecule has 0 rings (SSSR count). The van der Waals surface area contributed by atoms with Crippen LogP contribution in [0.5, 0.6) is 0 Å². The topological polar surface area (TPSA) is 87.7 Å². The normalized spacial score (nSPS) is 9.21. The van der Waals surface area contributed by atoms with Gasteiger partial charge in [0.1, 0.15) is 0 Å². The Labute approximate surface area is 82.6 Å². The quantitative estimate of drug-likeness (QED) is 0.558. The molecule has 0 heterocycles. The van der Waals surface area contributed by atoms with Crippen molar-refractivity contribution in [1.82, 2.24) is 10.6 Å². The lowest BCUT2D eigenvalue weighted by Gasteiger charge is -2.04. The van der Waals surface area contributed by atoms with E-state index in [1.807, 2.05) is 0 Å². The minimum atomic E-state index is -1.02. The summed E-state index contributed by atoms with van der Waals surface area (Å²) in [6.45, 7) is 2.99. The molecule has 82 valence electrons. The van der Waals surface area contributed by atoms with Crippen molar-refractivity contribution in [2.24, 2.45) is 0 Å². The molecule has 0 spiro atoms. The van der Waals surface area contributed by atoms with Crippen LogP contribution in [0, 0.1) is 0 Å². The average molecular weight is 204 g/mol. The molecule has 14 heavy (non-hydrogen) atoms. The highest BCUT2D eigenvalue weighted by atomic mass is 16.5. The maximum Gasteiger partial charge on any atom is 0.407 e.